The van der Waals surface area contributed by atoms with Crippen LogP contribution in [0.3, 0.4) is 0 Å². The van der Waals surface area contributed by atoms with E-state index in [4.69, 9.17) is 32.7 Å². The summed E-state index contributed by atoms with van der Waals surface area (Å²) in [5.41, 5.74) is 1.40. The normalized spacial score (nSPS) is 10.9. The highest BCUT2D eigenvalue weighted by Gasteiger charge is 2.17. The Bertz CT molecular complexity index is 1390. The fourth-order valence-electron chi connectivity index (χ4n) is 3.08. The van der Waals surface area contributed by atoms with Crippen LogP contribution in [0.5, 0.6) is 11.5 Å². The highest BCUT2D eigenvalue weighted by molar-refractivity contribution is 7.99. The van der Waals surface area contributed by atoms with Gasteiger partial charge in [-0.15, -0.1) is 11.3 Å². The molecule has 0 saturated heterocycles. The van der Waals surface area contributed by atoms with Crippen LogP contribution in [0.2, 0.25) is 10.0 Å². The average Bonchev–Trinajstić information content (AvgIpc) is 3.28. The third kappa shape index (κ3) is 4.96. The minimum Gasteiger partial charge on any atom is -0.495 e. The van der Waals surface area contributed by atoms with Crippen molar-refractivity contribution in [1.29, 1.82) is 0 Å². The summed E-state index contributed by atoms with van der Waals surface area (Å²) in [6, 6.07) is 11.8. The van der Waals surface area contributed by atoms with Crippen LogP contribution in [0.15, 0.2) is 57.8 Å². The summed E-state index contributed by atoms with van der Waals surface area (Å²) >= 11 is 14.7. The summed E-state index contributed by atoms with van der Waals surface area (Å²) in [5.74, 6) is 0.524. The second-order valence-electron chi connectivity index (χ2n) is 6.67. The van der Waals surface area contributed by atoms with Gasteiger partial charge < -0.3 is 14.8 Å². The van der Waals surface area contributed by atoms with Gasteiger partial charge in [-0.25, -0.2) is 4.98 Å². The number of anilines is 1. The van der Waals surface area contributed by atoms with E-state index in [1.54, 1.807) is 42.5 Å². The molecule has 0 atom stereocenters. The van der Waals surface area contributed by atoms with E-state index in [-0.39, 0.29) is 17.2 Å². The van der Waals surface area contributed by atoms with E-state index in [9.17, 15) is 9.59 Å². The zero-order valence-electron chi connectivity index (χ0n) is 17.4. The highest BCUT2D eigenvalue weighted by Crippen LogP contribution is 2.36. The van der Waals surface area contributed by atoms with Crippen LogP contribution in [0, 0.1) is 0 Å². The smallest absolute Gasteiger partial charge is 0.276 e. The predicted octanol–water partition coefficient (Wildman–Crippen LogP) is 5.50. The lowest BCUT2D eigenvalue weighted by atomic mass is 10.2. The fourth-order valence-corrected chi connectivity index (χ4v) is 5.02. The molecule has 4 rings (SSSR count). The lowest BCUT2D eigenvalue weighted by Crippen LogP contribution is -2.22. The van der Waals surface area contributed by atoms with E-state index in [0.717, 1.165) is 11.8 Å². The Kier molecular flexibility index (Phi) is 7.14. The van der Waals surface area contributed by atoms with Gasteiger partial charge in [0.1, 0.15) is 16.2 Å². The molecule has 0 bridgehead atoms. The summed E-state index contributed by atoms with van der Waals surface area (Å²) in [6.07, 6.45) is 0. The van der Waals surface area contributed by atoms with Gasteiger partial charge in [0.05, 0.1) is 41.9 Å². The fraction of sp³-hybridized carbons (Fsp3) is 0.136. The SMILES string of the molecule is COc1cc(OC)c(NC(=O)CSc2nc3ccsc3c(=O)n2-c2ccc(Cl)cc2)cc1Cl. The average molecular weight is 522 g/mol. The van der Waals surface area contributed by atoms with Crippen molar-refractivity contribution in [2.45, 2.75) is 5.16 Å². The van der Waals surface area contributed by atoms with E-state index in [1.165, 1.54) is 30.1 Å². The van der Waals surface area contributed by atoms with Crippen LogP contribution in [-0.4, -0.2) is 35.4 Å². The lowest BCUT2D eigenvalue weighted by molar-refractivity contribution is -0.113. The van der Waals surface area contributed by atoms with Gasteiger partial charge in [-0.2, -0.15) is 0 Å². The zero-order valence-corrected chi connectivity index (χ0v) is 20.6. The van der Waals surface area contributed by atoms with Gasteiger partial charge in [0.15, 0.2) is 5.16 Å². The second-order valence-corrected chi connectivity index (χ2v) is 9.37. The predicted molar refractivity (Wildman–Crippen MR) is 134 cm³/mol. The molecule has 2 aromatic carbocycles. The maximum Gasteiger partial charge on any atom is 0.276 e. The summed E-state index contributed by atoms with van der Waals surface area (Å²) < 4.78 is 12.5. The number of aromatic nitrogens is 2. The molecule has 1 N–H and O–H groups in total. The van der Waals surface area contributed by atoms with Gasteiger partial charge in [-0.3, -0.25) is 14.2 Å². The van der Waals surface area contributed by atoms with Crippen molar-refractivity contribution < 1.29 is 14.3 Å². The molecule has 0 radical (unpaired) electrons. The molecule has 0 aliphatic rings. The van der Waals surface area contributed by atoms with E-state index < -0.39 is 0 Å². The van der Waals surface area contributed by atoms with E-state index in [2.05, 4.69) is 10.3 Å². The van der Waals surface area contributed by atoms with Gasteiger partial charge in [-0.05, 0) is 41.8 Å². The number of carbonyl (C=O) groups is 1. The molecule has 0 aliphatic carbocycles. The van der Waals surface area contributed by atoms with E-state index in [0.29, 0.717) is 48.3 Å². The van der Waals surface area contributed by atoms with Gasteiger partial charge >= 0.3 is 0 Å². The number of methoxy groups -OCH3 is 2. The largest absolute Gasteiger partial charge is 0.495 e. The molecule has 170 valence electrons. The third-order valence-corrected chi connectivity index (χ3v) is 6.99. The number of thioether (sulfide) groups is 1. The lowest BCUT2D eigenvalue weighted by Gasteiger charge is -2.14. The van der Waals surface area contributed by atoms with Crippen molar-refractivity contribution in [1.82, 2.24) is 9.55 Å². The number of hydrogen-bond acceptors (Lipinski definition) is 7. The van der Waals surface area contributed by atoms with Crippen molar-refractivity contribution >= 4 is 68.1 Å². The Morgan fingerprint density at radius 1 is 1.12 bits per heavy atom. The number of thiophene rings is 1. The van der Waals surface area contributed by atoms with Crippen molar-refractivity contribution in [3.05, 3.63) is 68.2 Å². The minimum atomic E-state index is -0.318. The first-order valence-electron chi connectivity index (χ1n) is 9.51. The number of carbonyl (C=O) groups excluding carboxylic acids is 1. The molecular formula is C22H17Cl2N3O4S2. The number of halogens is 2. The van der Waals surface area contributed by atoms with Crippen LogP contribution in [0.4, 0.5) is 5.69 Å². The number of benzene rings is 2. The Morgan fingerprint density at radius 3 is 2.55 bits per heavy atom. The summed E-state index contributed by atoms with van der Waals surface area (Å²) in [6.45, 7) is 0. The maximum absolute atomic E-state index is 13.2. The molecular weight excluding hydrogens is 505 g/mol. The molecule has 2 heterocycles. The topological polar surface area (TPSA) is 82.5 Å². The van der Waals surface area contributed by atoms with Gasteiger partial charge in [-0.1, -0.05) is 35.0 Å². The third-order valence-electron chi connectivity index (χ3n) is 4.61. The van der Waals surface area contributed by atoms with Gasteiger partial charge in [0.25, 0.3) is 5.56 Å². The number of nitrogens with one attached hydrogen (secondary N) is 1. The molecule has 0 fully saturated rings. The van der Waals surface area contributed by atoms with Crippen LogP contribution in [0.1, 0.15) is 0 Å². The number of hydrogen-bond donors (Lipinski definition) is 1. The second kappa shape index (κ2) is 10.0. The minimum absolute atomic E-state index is 0.00246. The number of amides is 1. The Hall–Kier alpha value is -2.72. The Balaban J connectivity index is 1.61. The van der Waals surface area contributed by atoms with Crippen molar-refractivity contribution in [3.8, 4) is 17.2 Å². The van der Waals surface area contributed by atoms with Gasteiger partial charge in [0, 0.05) is 11.1 Å². The van der Waals surface area contributed by atoms with E-state index >= 15 is 0 Å². The molecule has 33 heavy (non-hydrogen) atoms. The van der Waals surface area contributed by atoms with Crippen LogP contribution < -0.4 is 20.3 Å². The molecule has 4 aromatic rings. The zero-order chi connectivity index (χ0) is 23.5. The Morgan fingerprint density at radius 2 is 1.85 bits per heavy atom. The first-order chi connectivity index (χ1) is 15.9. The molecule has 0 unspecified atom stereocenters. The number of ether oxygens (including phenoxy) is 2. The number of nitrogens with zero attached hydrogens (tertiary/aromatic N) is 2. The van der Waals surface area contributed by atoms with Crippen molar-refractivity contribution in [3.63, 3.8) is 0 Å². The molecule has 0 aliphatic heterocycles. The molecule has 0 spiro atoms. The van der Waals surface area contributed by atoms with E-state index in [1.807, 2.05) is 5.38 Å². The molecule has 7 nitrogen and oxygen atoms in total. The summed E-state index contributed by atoms with van der Waals surface area (Å²) in [7, 11) is 2.98. The first kappa shape index (κ1) is 23.4. The molecule has 1 amide bonds. The highest BCUT2D eigenvalue weighted by atomic mass is 35.5. The first-order valence-corrected chi connectivity index (χ1v) is 12.1. The number of fused-ring (bicyclic) bond motifs is 1. The molecule has 2 aromatic heterocycles. The Labute approximate surface area is 207 Å². The summed E-state index contributed by atoms with van der Waals surface area (Å²) in [5, 5.41) is 5.87. The van der Waals surface area contributed by atoms with Crippen molar-refractivity contribution in [2.24, 2.45) is 0 Å². The molecule has 0 saturated carbocycles. The van der Waals surface area contributed by atoms with Crippen LogP contribution in [-0.2, 0) is 4.79 Å². The van der Waals surface area contributed by atoms with Gasteiger partial charge in [0.2, 0.25) is 5.91 Å². The monoisotopic (exact) mass is 521 g/mol. The number of rotatable bonds is 7. The van der Waals surface area contributed by atoms with Crippen LogP contribution >= 0.6 is 46.3 Å². The quantitative estimate of drug-likeness (QED) is 0.255. The van der Waals surface area contributed by atoms with Crippen molar-refractivity contribution in [2.75, 3.05) is 25.3 Å². The maximum atomic E-state index is 13.2. The molecule has 11 heteroatoms. The van der Waals surface area contributed by atoms with Crippen LogP contribution in [0.25, 0.3) is 15.9 Å². The summed E-state index contributed by atoms with van der Waals surface area (Å²) in [4.78, 5) is 30.5. The standard InChI is InChI=1S/C22H17Cl2N3O4S2/c1-30-17-10-18(31-2)16(9-14(17)24)25-19(28)11-33-22-26-15-7-8-32-20(15)21(29)27(22)13-5-3-12(23)4-6-13/h3-10H,11H2,1-2H3,(H,25,28).